The van der Waals surface area contributed by atoms with Crippen molar-refractivity contribution in [2.45, 2.75) is 19.9 Å². The van der Waals surface area contributed by atoms with E-state index in [4.69, 9.17) is 4.74 Å². The lowest BCUT2D eigenvalue weighted by Gasteiger charge is -2.17. The molecule has 0 saturated heterocycles. The fraction of sp³-hybridized carbons (Fsp3) is 0.278. The topological polar surface area (TPSA) is 50.4 Å². The lowest BCUT2D eigenvalue weighted by molar-refractivity contribution is 0.233. The lowest BCUT2D eigenvalue weighted by Crippen LogP contribution is -2.39. The molecule has 4 nitrogen and oxygen atoms in total. The molecule has 22 heavy (non-hydrogen) atoms. The van der Waals surface area contributed by atoms with Crippen LogP contribution in [0.4, 0.5) is 4.79 Å². The van der Waals surface area contributed by atoms with Gasteiger partial charge in [0.1, 0.15) is 12.4 Å². The first-order chi connectivity index (χ1) is 10.7. The van der Waals surface area contributed by atoms with Crippen molar-refractivity contribution in [3.05, 3.63) is 65.7 Å². The quantitative estimate of drug-likeness (QED) is 0.803. The van der Waals surface area contributed by atoms with Gasteiger partial charge in [-0.25, -0.2) is 4.79 Å². The van der Waals surface area contributed by atoms with E-state index in [9.17, 15) is 4.79 Å². The van der Waals surface area contributed by atoms with Crippen molar-refractivity contribution in [1.82, 2.24) is 10.6 Å². The molecule has 2 rings (SSSR count). The van der Waals surface area contributed by atoms with E-state index in [0.717, 1.165) is 11.3 Å². The van der Waals surface area contributed by atoms with Crippen LogP contribution >= 0.6 is 0 Å². The van der Waals surface area contributed by atoms with Crippen molar-refractivity contribution in [3.63, 3.8) is 0 Å². The van der Waals surface area contributed by atoms with Crippen LogP contribution in [0.5, 0.6) is 5.75 Å². The smallest absolute Gasteiger partial charge is 0.315 e. The summed E-state index contributed by atoms with van der Waals surface area (Å²) in [7, 11) is 0. The highest BCUT2D eigenvalue weighted by Gasteiger charge is 2.10. The van der Waals surface area contributed by atoms with Crippen LogP contribution in [0.15, 0.2) is 54.6 Å². The molecule has 1 unspecified atom stereocenters. The summed E-state index contributed by atoms with van der Waals surface area (Å²) in [5.41, 5.74) is 2.29. The van der Waals surface area contributed by atoms with E-state index in [1.165, 1.54) is 5.56 Å². The van der Waals surface area contributed by atoms with E-state index in [0.29, 0.717) is 13.2 Å². The summed E-state index contributed by atoms with van der Waals surface area (Å²) in [6.07, 6.45) is 0. The molecule has 2 aromatic rings. The first kappa shape index (κ1) is 15.9. The van der Waals surface area contributed by atoms with E-state index in [1.807, 2.05) is 68.4 Å². The van der Waals surface area contributed by atoms with Crippen LogP contribution in [-0.2, 0) is 0 Å². The van der Waals surface area contributed by atoms with Crippen LogP contribution in [0.1, 0.15) is 24.1 Å². The monoisotopic (exact) mass is 298 g/mol. The number of aryl methyl sites for hydroxylation is 1. The Labute approximate surface area is 131 Å². The Morgan fingerprint density at radius 1 is 1.09 bits per heavy atom. The van der Waals surface area contributed by atoms with Gasteiger partial charge in [-0.05, 0) is 37.1 Å². The van der Waals surface area contributed by atoms with Crippen LogP contribution in [0.3, 0.4) is 0 Å². The van der Waals surface area contributed by atoms with Crippen molar-refractivity contribution in [1.29, 1.82) is 0 Å². The molecule has 0 radical (unpaired) electrons. The summed E-state index contributed by atoms with van der Waals surface area (Å²) >= 11 is 0. The Morgan fingerprint density at radius 3 is 2.50 bits per heavy atom. The fourth-order valence-corrected chi connectivity index (χ4v) is 2.25. The van der Waals surface area contributed by atoms with E-state index in [-0.39, 0.29) is 12.1 Å². The van der Waals surface area contributed by atoms with Crippen molar-refractivity contribution in [2.24, 2.45) is 0 Å². The maximum Gasteiger partial charge on any atom is 0.315 e. The molecule has 1 atom stereocenters. The summed E-state index contributed by atoms with van der Waals surface area (Å²) in [6, 6.07) is 17.4. The summed E-state index contributed by atoms with van der Waals surface area (Å²) in [5.74, 6) is 0.804. The molecule has 2 N–H and O–H groups in total. The van der Waals surface area contributed by atoms with Gasteiger partial charge in [-0.3, -0.25) is 0 Å². The molecule has 0 heterocycles. The highest BCUT2D eigenvalue weighted by atomic mass is 16.5. The molecule has 0 bridgehead atoms. The molecule has 0 aliphatic rings. The van der Waals surface area contributed by atoms with Crippen molar-refractivity contribution in [3.8, 4) is 5.75 Å². The van der Waals surface area contributed by atoms with Gasteiger partial charge in [0.05, 0.1) is 12.6 Å². The van der Waals surface area contributed by atoms with Crippen LogP contribution in [0.25, 0.3) is 0 Å². The molecular formula is C18H22N2O2. The second-order valence-corrected chi connectivity index (χ2v) is 5.14. The van der Waals surface area contributed by atoms with Crippen molar-refractivity contribution in [2.75, 3.05) is 13.2 Å². The third-order valence-corrected chi connectivity index (χ3v) is 3.40. The largest absolute Gasteiger partial charge is 0.492 e. The molecule has 0 saturated carbocycles. The Hall–Kier alpha value is -2.49. The van der Waals surface area contributed by atoms with E-state index in [1.54, 1.807) is 0 Å². The first-order valence-electron chi connectivity index (χ1n) is 7.44. The Kier molecular flexibility index (Phi) is 5.83. The van der Waals surface area contributed by atoms with Crippen LogP contribution in [-0.4, -0.2) is 19.2 Å². The normalized spacial score (nSPS) is 11.5. The SMILES string of the molecule is Cc1ccccc1C(C)NC(=O)NCCOc1ccccc1. The Bertz CT molecular complexity index is 599. The molecule has 0 fully saturated rings. The molecule has 0 aliphatic heterocycles. The van der Waals surface area contributed by atoms with Crippen LogP contribution < -0.4 is 15.4 Å². The van der Waals surface area contributed by atoms with Crippen LogP contribution in [0.2, 0.25) is 0 Å². The number of nitrogens with one attached hydrogen (secondary N) is 2. The molecule has 0 spiro atoms. The minimum atomic E-state index is -0.188. The van der Waals surface area contributed by atoms with Gasteiger partial charge in [0, 0.05) is 0 Å². The predicted molar refractivity (Wildman–Crippen MR) is 88.1 cm³/mol. The zero-order valence-corrected chi connectivity index (χ0v) is 13.0. The lowest BCUT2D eigenvalue weighted by atomic mass is 10.0. The highest BCUT2D eigenvalue weighted by molar-refractivity contribution is 5.74. The highest BCUT2D eigenvalue weighted by Crippen LogP contribution is 2.16. The van der Waals surface area contributed by atoms with Gasteiger partial charge in [-0.2, -0.15) is 0 Å². The van der Waals surface area contributed by atoms with Gasteiger partial charge in [0.15, 0.2) is 0 Å². The van der Waals surface area contributed by atoms with E-state index in [2.05, 4.69) is 10.6 Å². The van der Waals surface area contributed by atoms with Gasteiger partial charge < -0.3 is 15.4 Å². The second kappa shape index (κ2) is 8.08. The van der Waals surface area contributed by atoms with Gasteiger partial charge >= 0.3 is 6.03 Å². The summed E-state index contributed by atoms with van der Waals surface area (Å²) < 4.78 is 5.52. The third-order valence-electron chi connectivity index (χ3n) is 3.40. The average Bonchev–Trinajstić information content (AvgIpc) is 2.53. The molecule has 2 aromatic carbocycles. The number of hydrogen-bond acceptors (Lipinski definition) is 2. The number of urea groups is 1. The molecular weight excluding hydrogens is 276 g/mol. The first-order valence-corrected chi connectivity index (χ1v) is 7.44. The summed E-state index contributed by atoms with van der Waals surface area (Å²) in [4.78, 5) is 11.9. The van der Waals surface area contributed by atoms with Gasteiger partial charge in [0.25, 0.3) is 0 Å². The minimum Gasteiger partial charge on any atom is -0.492 e. The second-order valence-electron chi connectivity index (χ2n) is 5.14. The third kappa shape index (κ3) is 4.81. The zero-order valence-electron chi connectivity index (χ0n) is 13.0. The molecule has 0 aromatic heterocycles. The summed E-state index contributed by atoms with van der Waals surface area (Å²) in [5, 5.41) is 5.73. The standard InChI is InChI=1S/C18H22N2O2/c1-14-8-6-7-11-17(14)15(2)20-18(21)19-12-13-22-16-9-4-3-5-10-16/h3-11,15H,12-13H2,1-2H3,(H2,19,20,21). The fourth-order valence-electron chi connectivity index (χ4n) is 2.25. The van der Waals surface area contributed by atoms with Crippen molar-refractivity contribution < 1.29 is 9.53 Å². The van der Waals surface area contributed by atoms with Gasteiger partial charge in [0.2, 0.25) is 0 Å². The Balaban J connectivity index is 1.71. The maximum atomic E-state index is 11.9. The number of carbonyl (C=O) groups is 1. The van der Waals surface area contributed by atoms with Gasteiger partial charge in [-0.15, -0.1) is 0 Å². The van der Waals surface area contributed by atoms with Crippen molar-refractivity contribution >= 4 is 6.03 Å². The Morgan fingerprint density at radius 2 is 1.77 bits per heavy atom. The summed E-state index contributed by atoms with van der Waals surface area (Å²) in [6.45, 7) is 4.92. The number of ether oxygens (including phenoxy) is 1. The zero-order chi connectivity index (χ0) is 15.8. The molecule has 0 aliphatic carbocycles. The molecule has 116 valence electrons. The minimum absolute atomic E-state index is 0.0313. The average molecular weight is 298 g/mol. The number of para-hydroxylation sites is 1. The number of hydrogen-bond donors (Lipinski definition) is 2. The van der Waals surface area contributed by atoms with Crippen LogP contribution in [0, 0.1) is 6.92 Å². The van der Waals surface area contributed by atoms with Gasteiger partial charge in [-0.1, -0.05) is 42.5 Å². The molecule has 4 heteroatoms. The number of benzene rings is 2. The number of carbonyl (C=O) groups excluding carboxylic acids is 1. The number of amides is 2. The van der Waals surface area contributed by atoms with E-state index < -0.39 is 0 Å². The maximum absolute atomic E-state index is 11.9. The number of rotatable bonds is 6. The van der Waals surface area contributed by atoms with E-state index >= 15 is 0 Å². The predicted octanol–water partition coefficient (Wildman–Crippen LogP) is 3.43. The molecule has 2 amide bonds.